The fourth-order valence-electron chi connectivity index (χ4n) is 2.70. The quantitative estimate of drug-likeness (QED) is 0.529. The lowest BCUT2D eigenvalue weighted by Gasteiger charge is -2.08. The highest BCUT2D eigenvalue weighted by molar-refractivity contribution is 5.92. The number of fused-ring (bicyclic) bond motifs is 2. The van der Waals surface area contributed by atoms with Crippen LogP contribution in [0.2, 0.25) is 0 Å². The van der Waals surface area contributed by atoms with E-state index in [-0.39, 0.29) is 0 Å². The number of aromatic nitrogens is 4. The van der Waals surface area contributed by atoms with E-state index in [1.165, 1.54) is 4.57 Å². The Bertz CT molecular complexity index is 983. The van der Waals surface area contributed by atoms with Gasteiger partial charge in [0.15, 0.2) is 0 Å². The van der Waals surface area contributed by atoms with Crippen LogP contribution in [0, 0.1) is 0 Å². The van der Waals surface area contributed by atoms with Crippen molar-refractivity contribution >= 4 is 28.0 Å². The number of ether oxygens (including phenoxy) is 1. The smallest absolute Gasteiger partial charge is 0.316 e. The van der Waals surface area contributed by atoms with Crippen LogP contribution in [-0.2, 0) is 18.3 Å². The maximum absolute atomic E-state index is 11.8. The Morgan fingerprint density at radius 2 is 2.09 bits per heavy atom. The third-order valence-electron chi connectivity index (χ3n) is 3.88. The van der Waals surface area contributed by atoms with Crippen LogP contribution in [0.4, 0.5) is 5.95 Å². The molecule has 0 saturated heterocycles. The molecule has 0 aliphatic heterocycles. The first-order valence-electron chi connectivity index (χ1n) is 7.49. The average molecular weight is 317 g/mol. The number of anilines is 1. The van der Waals surface area contributed by atoms with Gasteiger partial charge in [0, 0.05) is 26.8 Å². The summed E-state index contributed by atoms with van der Waals surface area (Å²) in [5, 5.41) is 0. The fourth-order valence-corrected chi connectivity index (χ4v) is 2.70. The van der Waals surface area contributed by atoms with E-state index in [0.29, 0.717) is 42.3 Å². The molecule has 0 aliphatic rings. The number of imidazole rings is 1. The van der Waals surface area contributed by atoms with Gasteiger partial charge >= 0.3 is 11.1 Å². The summed E-state index contributed by atoms with van der Waals surface area (Å²) < 4.78 is 8.57. The minimum Gasteiger partial charge on any atom is -0.382 e. The molecule has 0 aliphatic carbocycles. The molecule has 0 amide bonds. The van der Waals surface area contributed by atoms with E-state index in [1.807, 2.05) is 17.6 Å². The lowest BCUT2D eigenvalue weighted by molar-refractivity contribution is 0.142. The zero-order valence-electron chi connectivity index (χ0n) is 13.1. The fraction of sp³-hybridized carbons (Fsp3) is 0.400. The third kappa shape index (κ3) is 2.61. The summed E-state index contributed by atoms with van der Waals surface area (Å²) >= 11 is 0. The van der Waals surface area contributed by atoms with Gasteiger partial charge in [0.1, 0.15) is 0 Å². The Kier molecular flexibility index (Phi) is 3.91. The van der Waals surface area contributed by atoms with E-state index in [4.69, 9.17) is 10.5 Å². The van der Waals surface area contributed by atoms with E-state index < -0.39 is 11.1 Å². The monoisotopic (exact) mass is 317 g/mol. The van der Waals surface area contributed by atoms with E-state index in [0.717, 1.165) is 11.9 Å². The molecule has 23 heavy (non-hydrogen) atoms. The molecule has 0 fully saturated rings. The number of H-pyrrole nitrogens is 1. The number of aromatic amines is 1. The highest BCUT2D eigenvalue weighted by atomic mass is 16.5. The van der Waals surface area contributed by atoms with Gasteiger partial charge in [-0.25, -0.2) is 4.98 Å². The summed E-state index contributed by atoms with van der Waals surface area (Å²) in [5.74, 6) is 0.402. The molecule has 0 bridgehead atoms. The van der Waals surface area contributed by atoms with Crippen LogP contribution in [-0.4, -0.2) is 32.3 Å². The minimum atomic E-state index is -0.650. The maximum Gasteiger partial charge on any atom is 0.316 e. The molecule has 1 aromatic carbocycles. The van der Waals surface area contributed by atoms with Gasteiger partial charge in [0.05, 0.1) is 22.1 Å². The van der Waals surface area contributed by atoms with Crippen LogP contribution in [0.3, 0.4) is 0 Å². The van der Waals surface area contributed by atoms with Crippen LogP contribution >= 0.6 is 0 Å². The molecule has 3 aromatic rings. The molecule has 2 heterocycles. The molecule has 122 valence electrons. The first kappa shape index (κ1) is 15.3. The summed E-state index contributed by atoms with van der Waals surface area (Å²) in [5.41, 5.74) is 7.46. The van der Waals surface area contributed by atoms with Gasteiger partial charge in [-0.15, -0.1) is 0 Å². The van der Waals surface area contributed by atoms with Crippen LogP contribution < -0.4 is 16.9 Å². The average Bonchev–Trinajstić information content (AvgIpc) is 2.83. The summed E-state index contributed by atoms with van der Waals surface area (Å²) in [6.07, 6.45) is 0.812. The number of nitrogens with two attached hydrogens (primary N) is 1. The molecule has 0 atom stereocenters. The Hall–Kier alpha value is -2.61. The van der Waals surface area contributed by atoms with Crippen molar-refractivity contribution in [3.05, 3.63) is 32.8 Å². The van der Waals surface area contributed by atoms with Crippen molar-refractivity contribution in [1.29, 1.82) is 0 Å². The maximum atomic E-state index is 11.8. The number of hydrogen-bond donors (Lipinski definition) is 2. The van der Waals surface area contributed by atoms with Gasteiger partial charge in [-0.05, 0) is 25.5 Å². The molecule has 3 N–H and O–H groups in total. The van der Waals surface area contributed by atoms with E-state index in [9.17, 15) is 9.59 Å². The number of benzene rings is 1. The van der Waals surface area contributed by atoms with Gasteiger partial charge in [-0.1, -0.05) is 0 Å². The molecule has 0 unspecified atom stereocenters. The number of nitrogens with one attached hydrogen (secondary N) is 1. The number of aryl methyl sites for hydroxylation is 2. The molecule has 8 heteroatoms. The first-order valence-corrected chi connectivity index (χ1v) is 7.49. The minimum absolute atomic E-state index is 0.402. The molecule has 8 nitrogen and oxygen atoms in total. The SMILES string of the molecule is CCOCCCn1c(N)nc2cc3[nH]c(=O)c(=O)n(C)c3cc21. The molecule has 0 spiro atoms. The first-order chi connectivity index (χ1) is 11.0. The standard InChI is InChI=1S/C15H19N5O3/c1-3-23-6-4-5-20-12-8-11-9(7-10(12)18-15(20)16)17-13(21)14(22)19(11)2/h7-8H,3-6H2,1-2H3,(H2,16,18)(H,17,21). The largest absolute Gasteiger partial charge is 0.382 e. The predicted octanol–water partition coefficient (Wildman–Crippen LogP) is 0.585. The van der Waals surface area contributed by atoms with Gasteiger partial charge in [0.2, 0.25) is 5.95 Å². The number of rotatable bonds is 5. The zero-order chi connectivity index (χ0) is 16.6. The molecule has 0 saturated carbocycles. The lowest BCUT2D eigenvalue weighted by Crippen LogP contribution is -2.34. The summed E-state index contributed by atoms with van der Waals surface area (Å²) in [6.45, 7) is 3.95. The number of nitrogen functional groups attached to an aromatic ring is 1. The molecular weight excluding hydrogens is 298 g/mol. The van der Waals surface area contributed by atoms with Crippen molar-refractivity contribution in [2.75, 3.05) is 18.9 Å². The van der Waals surface area contributed by atoms with E-state index >= 15 is 0 Å². The number of nitrogens with zero attached hydrogens (tertiary/aromatic N) is 3. The zero-order valence-corrected chi connectivity index (χ0v) is 13.1. The second-order valence-corrected chi connectivity index (χ2v) is 5.35. The Balaban J connectivity index is 2.14. The van der Waals surface area contributed by atoms with Crippen LogP contribution in [0.15, 0.2) is 21.7 Å². The van der Waals surface area contributed by atoms with Gasteiger partial charge in [-0.3, -0.25) is 9.59 Å². The van der Waals surface area contributed by atoms with Gasteiger partial charge in [0.25, 0.3) is 0 Å². The highest BCUT2D eigenvalue weighted by Gasteiger charge is 2.12. The van der Waals surface area contributed by atoms with E-state index in [1.54, 1.807) is 13.1 Å². The van der Waals surface area contributed by atoms with E-state index in [2.05, 4.69) is 9.97 Å². The van der Waals surface area contributed by atoms with Crippen LogP contribution in [0.1, 0.15) is 13.3 Å². The highest BCUT2D eigenvalue weighted by Crippen LogP contribution is 2.22. The second-order valence-electron chi connectivity index (χ2n) is 5.35. The van der Waals surface area contributed by atoms with Crippen molar-refractivity contribution in [1.82, 2.24) is 19.1 Å². The Labute approximate surface area is 131 Å². The van der Waals surface area contributed by atoms with Crippen molar-refractivity contribution in [2.45, 2.75) is 19.9 Å². The van der Waals surface area contributed by atoms with Crippen LogP contribution in [0.5, 0.6) is 0 Å². The Morgan fingerprint density at radius 3 is 2.83 bits per heavy atom. The molecule has 3 rings (SSSR count). The van der Waals surface area contributed by atoms with Crippen molar-refractivity contribution in [3.63, 3.8) is 0 Å². The number of hydrogen-bond acceptors (Lipinski definition) is 5. The normalized spacial score (nSPS) is 11.6. The van der Waals surface area contributed by atoms with Crippen LogP contribution in [0.25, 0.3) is 22.1 Å². The molecule has 0 radical (unpaired) electrons. The Morgan fingerprint density at radius 1 is 1.30 bits per heavy atom. The van der Waals surface area contributed by atoms with Gasteiger partial charge in [-0.2, -0.15) is 0 Å². The summed E-state index contributed by atoms with van der Waals surface area (Å²) in [7, 11) is 1.57. The summed E-state index contributed by atoms with van der Waals surface area (Å²) in [6, 6.07) is 3.56. The summed E-state index contributed by atoms with van der Waals surface area (Å²) in [4.78, 5) is 30.3. The van der Waals surface area contributed by atoms with Crippen molar-refractivity contribution in [2.24, 2.45) is 7.05 Å². The van der Waals surface area contributed by atoms with Gasteiger partial charge < -0.3 is 24.6 Å². The second kappa shape index (κ2) is 5.88. The third-order valence-corrected chi connectivity index (χ3v) is 3.88. The molecule has 2 aromatic heterocycles. The van der Waals surface area contributed by atoms with Crippen molar-refractivity contribution < 1.29 is 4.74 Å². The molecular formula is C15H19N5O3. The predicted molar refractivity (Wildman–Crippen MR) is 88.6 cm³/mol. The topological polar surface area (TPSA) is 108 Å². The van der Waals surface area contributed by atoms with Crippen molar-refractivity contribution in [3.8, 4) is 0 Å². The lowest BCUT2D eigenvalue weighted by atomic mass is 10.2.